The van der Waals surface area contributed by atoms with Gasteiger partial charge in [0.2, 0.25) is 5.91 Å². The quantitative estimate of drug-likeness (QED) is 0.869. The van der Waals surface area contributed by atoms with Gasteiger partial charge in [0.25, 0.3) is 0 Å². The van der Waals surface area contributed by atoms with E-state index in [1.54, 1.807) is 0 Å². The van der Waals surface area contributed by atoms with Crippen LogP contribution in [0.5, 0.6) is 0 Å². The zero-order valence-corrected chi connectivity index (χ0v) is 13.6. The first-order chi connectivity index (χ1) is 10.7. The van der Waals surface area contributed by atoms with E-state index in [4.69, 9.17) is 4.74 Å². The standard InChI is InChI=1S/C15H17BrN4O2/c16-10-1-4-20-7-11(17-14(20)5-10)6-19-3-2-13-12(8-19)18-15(21)9-22-13/h1,4-5,7,12-13H,2-3,6,8-9H2,(H,18,21)/t12-,13-/m0/s1. The number of rotatable bonds is 2. The van der Waals surface area contributed by atoms with E-state index in [9.17, 15) is 4.79 Å². The SMILES string of the molecule is O=C1CO[C@H]2CCN(Cc3cn4ccc(Br)cc4n3)C[C@@H]2N1. The first kappa shape index (κ1) is 14.2. The third-order valence-corrected chi connectivity index (χ3v) is 4.76. The summed E-state index contributed by atoms with van der Waals surface area (Å²) < 4.78 is 8.64. The molecule has 2 aromatic rings. The molecule has 0 aliphatic carbocycles. The van der Waals surface area contributed by atoms with E-state index in [1.165, 1.54) is 0 Å². The number of ether oxygens (including phenoxy) is 1. The predicted molar refractivity (Wildman–Crippen MR) is 84.5 cm³/mol. The molecule has 1 amide bonds. The molecule has 7 heteroatoms. The van der Waals surface area contributed by atoms with Crippen molar-refractivity contribution in [2.75, 3.05) is 19.7 Å². The van der Waals surface area contributed by atoms with Crippen LogP contribution in [0.4, 0.5) is 0 Å². The highest BCUT2D eigenvalue weighted by Gasteiger charge is 2.34. The van der Waals surface area contributed by atoms with Crippen molar-refractivity contribution in [2.45, 2.75) is 25.1 Å². The number of hydrogen-bond donors (Lipinski definition) is 1. The molecule has 2 fully saturated rings. The van der Waals surface area contributed by atoms with E-state index in [2.05, 4.69) is 37.3 Å². The van der Waals surface area contributed by atoms with Crippen molar-refractivity contribution in [1.29, 1.82) is 0 Å². The lowest BCUT2D eigenvalue weighted by atomic mass is 10.0. The zero-order chi connectivity index (χ0) is 15.1. The Hall–Kier alpha value is -1.44. The Morgan fingerprint density at radius 2 is 2.41 bits per heavy atom. The third-order valence-electron chi connectivity index (χ3n) is 4.27. The van der Waals surface area contributed by atoms with Crippen LogP contribution >= 0.6 is 15.9 Å². The fourth-order valence-electron chi connectivity index (χ4n) is 3.23. The van der Waals surface area contributed by atoms with Crippen molar-refractivity contribution in [1.82, 2.24) is 19.6 Å². The summed E-state index contributed by atoms with van der Waals surface area (Å²) in [6.45, 7) is 2.77. The molecule has 0 unspecified atom stereocenters. The van der Waals surface area contributed by atoms with Crippen molar-refractivity contribution in [3.8, 4) is 0 Å². The number of halogens is 1. The van der Waals surface area contributed by atoms with E-state index in [1.807, 2.05) is 22.7 Å². The van der Waals surface area contributed by atoms with E-state index in [0.29, 0.717) is 0 Å². The highest BCUT2D eigenvalue weighted by molar-refractivity contribution is 9.10. The van der Waals surface area contributed by atoms with Crippen LogP contribution in [-0.2, 0) is 16.1 Å². The van der Waals surface area contributed by atoms with Crippen LogP contribution in [0, 0.1) is 0 Å². The minimum Gasteiger partial charge on any atom is -0.366 e. The molecule has 0 aromatic carbocycles. The second-order valence-electron chi connectivity index (χ2n) is 5.89. The number of carbonyl (C=O) groups is 1. The predicted octanol–water partition coefficient (Wildman–Crippen LogP) is 1.19. The lowest BCUT2D eigenvalue weighted by Crippen LogP contribution is -2.60. The molecule has 2 saturated heterocycles. The molecular formula is C15H17BrN4O2. The molecule has 2 aliphatic heterocycles. The second kappa shape index (κ2) is 5.64. The number of imidazole rings is 1. The summed E-state index contributed by atoms with van der Waals surface area (Å²) in [5.41, 5.74) is 1.98. The summed E-state index contributed by atoms with van der Waals surface area (Å²) in [5.74, 6) is -0.0133. The smallest absolute Gasteiger partial charge is 0.246 e. The first-order valence-electron chi connectivity index (χ1n) is 7.44. The van der Waals surface area contributed by atoms with Gasteiger partial charge in [0, 0.05) is 36.5 Å². The topological polar surface area (TPSA) is 58.9 Å². The number of amides is 1. The molecule has 2 atom stereocenters. The average Bonchev–Trinajstić information content (AvgIpc) is 2.88. The van der Waals surface area contributed by atoms with Gasteiger partial charge < -0.3 is 14.5 Å². The summed E-state index contributed by atoms with van der Waals surface area (Å²) in [6.07, 6.45) is 5.16. The van der Waals surface area contributed by atoms with Gasteiger partial charge in [-0.3, -0.25) is 9.69 Å². The van der Waals surface area contributed by atoms with Crippen LogP contribution in [0.3, 0.4) is 0 Å². The van der Waals surface area contributed by atoms with Crippen LogP contribution in [0.1, 0.15) is 12.1 Å². The minimum atomic E-state index is -0.0133. The largest absolute Gasteiger partial charge is 0.366 e. The molecule has 2 aliphatic rings. The Morgan fingerprint density at radius 1 is 1.50 bits per heavy atom. The van der Waals surface area contributed by atoms with Gasteiger partial charge >= 0.3 is 0 Å². The zero-order valence-electron chi connectivity index (χ0n) is 12.0. The average molecular weight is 365 g/mol. The van der Waals surface area contributed by atoms with Gasteiger partial charge in [0.15, 0.2) is 0 Å². The Balaban J connectivity index is 1.47. The number of piperidine rings is 1. The molecule has 0 bridgehead atoms. The first-order valence-corrected chi connectivity index (χ1v) is 8.23. The molecule has 22 heavy (non-hydrogen) atoms. The number of hydrogen-bond acceptors (Lipinski definition) is 4. The number of nitrogens with zero attached hydrogens (tertiary/aromatic N) is 3. The highest BCUT2D eigenvalue weighted by Crippen LogP contribution is 2.20. The molecule has 0 radical (unpaired) electrons. The Morgan fingerprint density at radius 3 is 3.32 bits per heavy atom. The van der Waals surface area contributed by atoms with Crippen molar-refractivity contribution in [2.24, 2.45) is 0 Å². The Kier molecular flexibility index (Phi) is 3.63. The number of likely N-dealkylation sites (tertiary alicyclic amines) is 1. The number of aromatic nitrogens is 2. The molecule has 4 rings (SSSR count). The fourth-order valence-corrected chi connectivity index (χ4v) is 3.55. The maximum Gasteiger partial charge on any atom is 0.246 e. The molecule has 2 aromatic heterocycles. The Bertz CT molecular complexity index is 717. The van der Waals surface area contributed by atoms with Gasteiger partial charge in [-0.05, 0) is 18.6 Å². The van der Waals surface area contributed by atoms with Crippen molar-refractivity contribution >= 4 is 27.5 Å². The van der Waals surface area contributed by atoms with E-state index in [-0.39, 0.29) is 24.7 Å². The number of carbonyl (C=O) groups excluding carboxylic acids is 1. The van der Waals surface area contributed by atoms with Gasteiger partial charge in [-0.2, -0.15) is 0 Å². The lowest BCUT2D eigenvalue weighted by Gasteiger charge is -2.40. The van der Waals surface area contributed by atoms with Crippen molar-refractivity contribution in [3.63, 3.8) is 0 Å². The maximum atomic E-state index is 11.5. The van der Waals surface area contributed by atoms with Crippen LogP contribution in [-0.4, -0.2) is 52.0 Å². The summed E-state index contributed by atoms with van der Waals surface area (Å²) in [4.78, 5) is 18.4. The van der Waals surface area contributed by atoms with E-state index < -0.39 is 0 Å². The monoisotopic (exact) mass is 364 g/mol. The summed E-state index contributed by atoms with van der Waals surface area (Å²) in [6, 6.07) is 4.10. The molecular weight excluding hydrogens is 348 g/mol. The molecule has 0 spiro atoms. The summed E-state index contributed by atoms with van der Waals surface area (Å²) >= 11 is 3.47. The van der Waals surface area contributed by atoms with Crippen LogP contribution < -0.4 is 5.32 Å². The molecule has 4 heterocycles. The Labute approximate surface area is 136 Å². The van der Waals surface area contributed by atoms with Gasteiger partial charge in [-0.25, -0.2) is 4.98 Å². The number of nitrogens with one attached hydrogen (secondary N) is 1. The van der Waals surface area contributed by atoms with Crippen LogP contribution in [0.15, 0.2) is 29.0 Å². The molecule has 116 valence electrons. The van der Waals surface area contributed by atoms with Gasteiger partial charge in [-0.1, -0.05) is 15.9 Å². The van der Waals surface area contributed by atoms with Crippen LogP contribution in [0.2, 0.25) is 0 Å². The number of morpholine rings is 1. The van der Waals surface area contributed by atoms with Crippen LogP contribution in [0.25, 0.3) is 5.65 Å². The maximum absolute atomic E-state index is 11.5. The van der Waals surface area contributed by atoms with E-state index in [0.717, 1.165) is 41.9 Å². The molecule has 1 N–H and O–H groups in total. The molecule has 6 nitrogen and oxygen atoms in total. The summed E-state index contributed by atoms with van der Waals surface area (Å²) in [7, 11) is 0. The fraction of sp³-hybridized carbons (Fsp3) is 0.467. The minimum absolute atomic E-state index is 0.0133. The highest BCUT2D eigenvalue weighted by atomic mass is 79.9. The van der Waals surface area contributed by atoms with Gasteiger partial charge in [0.1, 0.15) is 12.3 Å². The van der Waals surface area contributed by atoms with E-state index >= 15 is 0 Å². The molecule has 0 saturated carbocycles. The lowest BCUT2D eigenvalue weighted by molar-refractivity contribution is -0.140. The summed E-state index contributed by atoms with van der Waals surface area (Å²) in [5, 5.41) is 3.03. The number of pyridine rings is 1. The van der Waals surface area contributed by atoms with Gasteiger partial charge in [-0.15, -0.1) is 0 Å². The van der Waals surface area contributed by atoms with Crippen molar-refractivity contribution < 1.29 is 9.53 Å². The van der Waals surface area contributed by atoms with Crippen molar-refractivity contribution in [3.05, 3.63) is 34.7 Å². The third kappa shape index (κ3) is 2.76. The van der Waals surface area contributed by atoms with Gasteiger partial charge in [0.05, 0.1) is 17.8 Å². The second-order valence-corrected chi connectivity index (χ2v) is 6.81. The normalized spacial score (nSPS) is 26.0. The number of fused-ring (bicyclic) bond motifs is 2.